The molecule has 0 saturated carbocycles. The van der Waals surface area contributed by atoms with Crippen molar-refractivity contribution in [3.05, 3.63) is 34.4 Å². The summed E-state index contributed by atoms with van der Waals surface area (Å²) in [6.45, 7) is 0.504. The minimum absolute atomic E-state index is 0. The third kappa shape index (κ3) is 4.22. The van der Waals surface area contributed by atoms with E-state index in [0.717, 1.165) is 6.07 Å². The Bertz CT molecular complexity index is 506. The second-order valence-electron chi connectivity index (χ2n) is 3.26. The third-order valence-electron chi connectivity index (χ3n) is 2.02. The first-order valence-electron chi connectivity index (χ1n) is 4.92. The van der Waals surface area contributed by atoms with E-state index in [-0.39, 0.29) is 23.8 Å². The highest BCUT2D eigenvalue weighted by Gasteiger charge is 2.24. The van der Waals surface area contributed by atoms with Gasteiger partial charge >= 0.3 is 0 Å². The lowest BCUT2D eigenvalue weighted by atomic mass is 10.3. The monoisotopic (exact) mass is 295 g/mol. The SMILES string of the molecule is Cl.NCCCNS(=O)(=O)c1ccccc1[N+](=O)[O-]. The van der Waals surface area contributed by atoms with E-state index in [1.54, 1.807) is 0 Å². The molecular formula is C9H14ClN3O4S. The van der Waals surface area contributed by atoms with Gasteiger partial charge in [-0.1, -0.05) is 12.1 Å². The average Bonchev–Trinajstić information content (AvgIpc) is 2.29. The van der Waals surface area contributed by atoms with Crippen LogP contribution >= 0.6 is 12.4 Å². The first kappa shape index (κ1) is 16.8. The van der Waals surface area contributed by atoms with Crippen LogP contribution in [0.5, 0.6) is 0 Å². The van der Waals surface area contributed by atoms with E-state index in [1.165, 1.54) is 18.2 Å². The molecule has 0 saturated heterocycles. The fraction of sp³-hybridized carbons (Fsp3) is 0.333. The predicted octanol–water partition coefficient (Wildman–Crippen LogP) is 0.644. The van der Waals surface area contributed by atoms with Crippen molar-refractivity contribution in [3.8, 4) is 0 Å². The zero-order chi connectivity index (χ0) is 12.9. The number of sulfonamides is 1. The molecule has 0 fully saturated rings. The predicted molar refractivity (Wildman–Crippen MR) is 69.2 cm³/mol. The molecule has 0 atom stereocenters. The van der Waals surface area contributed by atoms with Gasteiger partial charge in [0.25, 0.3) is 5.69 Å². The second-order valence-corrected chi connectivity index (χ2v) is 5.00. The van der Waals surface area contributed by atoms with Gasteiger partial charge in [-0.2, -0.15) is 0 Å². The van der Waals surface area contributed by atoms with E-state index in [1.807, 2.05) is 0 Å². The minimum atomic E-state index is -3.86. The number of nitrogens with zero attached hydrogens (tertiary/aromatic N) is 1. The Labute approximate surface area is 111 Å². The molecule has 0 aliphatic heterocycles. The topological polar surface area (TPSA) is 115 Å². The van der Waals surface area contributed by atoms with Gasteiger partial charge in [0.2, 0.25) is 10.0 Å². The molecule has 0 radical (unpaired) electrons. The molecule has 0 heterocycles. The zero-order valence-electron chi connectivity index (χ0n) is 9.40. The number of halogens is 1. The first-order chi connectivity index (χ1) is 7.99. The summed E-state index contributed by atoms with van der Waals surface area (Å²) in [7, 11) is -3.86. The van der Waals surface area contributed by atoms with Crippen molar-refractivity contribution in [2.75, 3.05) is 13.1 Å². The molecule has 1 aromatic carbocycles. The number of nitro benzene ring substituents is 1. The molecule has 18 heavy (non-hydrogen) atoms. The number of benzene rings is 1. The van der Waals surface area contributed by atoms with Crippen LogP contribution in [0.1, 0.15) is 6.42 Å². The maximum absolute atomic E-state index is 11.8. The highest BCUT2D eigenvalue weighted by molar-refractivity contribution is 7.89. The lowest BCUT2D eigenvalue weighted by molar-refractivity contribution is -0.387. The Morgan fingerprint density at radius 2 is 1.94 bits per heavy atom. The summed E-state index contributed by atoms with van der Waals surface area (Å²) in [6, 6.07) is 5.20. The average molecular weight is 296 g/mol. The third-order valence-corrected chi connectivity index (χ3v) is 3.53. The van der Waals surface area contributed by atoms with Crippen molar-refractivity contribution in [3.63, 3.8) is 0 Å². The highest BCUT2D eigenvalue weighted by atomic mass is 35.5. The quantitative estimate of drug-likeness (QED) is 0.454. The molecule has 0 spiro atoms. The Morgan fingerprint density at radius 1 is 1.33 bits per heavy atom. The second kappa shape index (κ2) is 7.27. The number of nitrogens with one attached hydrogen (secondary N) is 1. The van der Waals surface area contributed by atoms with E-state index < -0.39 is 20.6 Å². The van der Waals surface area contributed by atoms with Gasteiger partial charge < -0.3 is 5.73 Å². The number of nitrogens with two attached hydrogens (primary N) is 1. The van der Waals surface area contributed by atoms with Gasteiger partial charge in [0.05, 0.1) is 4.92 Å². The van der Waals surface area contributed by atoms with Crippen molar-refractivity contribution in [1.29, 1.82) is 0 Å². The van der Waals surface area contributed by atoms with Crippen molar-refractivity contribution >= 4 is 28.1 Å². The van der Waals surface area contributed by atoms with Crippen LogP contribution in [0.15, 0.2) is 29.2 Å². The summed E-state index contributed by atoms with van der Waals surface area (Å²) in [5.74, 6) is 0. The molecule has 9 heteroatoms. The molecule has 0 aromatic heterocycles. The lowest BCUT2D eigenvalue weighted by Crippen LogP contribution is -2.26. The molecule has 3 N–H and O–H groups in total. The Hall–Kier alpha value is -1.22. The molecule has 0 amide bonds. The summed E-state index contributed by atoms with van der Waals surface area (Å²) in [5.41, 5.74) is 4.79. The van der Waals surface area contributed by atoms with Crippen LogP contribution in [-0.2, 0) is 10.0 Å². The van der Waals surface area contributed by atoms with Gasteiger partial charge in [0, 0.05) is 12.6 Å². The standard InChI is InChI=1S/C9H13N3O4S.ClH/c10-6-3-7-11-17(15,16)9-5-2-1-4-8(9)12(13)14;/h1-2,4-5,11H,3,6-7,10H2;1H. The van der Waals surface area contributed by atoms with Crippen molar-refractivity contribution < 1.29 is 13.3 Å². The van der Waals surface area contributed by atoms with Crippen LogP contribution in [0, 0.1) is 10.1 Å². The summed E-state index contributed by atoms with van der Waals surface area (Å²) in [5, 5.41) is 10.7. The van der Waals surface area contributed by atoms with Crippen LogP contribution in [0.2, 0.25) is 0 Å². The molecule has 102 valence electrons. The van der Waals surface area contributed by atoms with Gasteiger partial charge in [-0.15, -0.1) is 12.4 Å². The van der Waals surface area contributed by atoms with Crippen LogP contribution in [0.3, 0.4) is 0 Å². The Kier molecular flexibility index (Phi) is 6.77. The molecule has 0 aliphatic carbocycles. The van der Waals surface area contributed by atoms with Gasteiger partial charge in [0.1, 0.15) is 0 Å². The van der Waals surface area contributed by atoms with E-state index in [2.05, 4.69) is 4.72 Å². The maximum atomic E-state index is 11.8. The summed E-state index contributed by atoms with van der Waals surface area (Å²) < 4.78 is 25.8. The van der Waals surface area contributed by atoms with Crippen LogP contribution in [-0.4, -0.2) is 26.4 Å². The van der Waals surface area contributed by atoms with E-state index in [0.29, 0.717) is 13.0 Å². The van der Waals surface area contributed by atoms with Crippen molar-refractivity contribution in [2.24, 2.45) is 5.73 Å². The highest BCUT2D eigenvalue weighted by Crippen LogP contribution is 2.22. The fourth-order valence-electron chi connectivity index (χ4n) is 1.22. The van der Waals surface area contributed by atoms with Gasteiger partial charge in [-0.3, -0.25) is 10.1 Å². The number of para-hydroxylation sites is 1. The molecular weight excluding hydrogens is 282 g/mol. The largest absolute Gasteiger partial charge is 0.330 e. The number of rotatable bonds is 6. The molecule has 1 aromatic rings. The molecule has 7 nitrogen and oxygen atoms in total. The van der Waals surface area contributed by atoms with Gasteiger partial charge in [-0.05, 0) is 19.0 Å². The lowest BCUT2D eigenvalue weighted by Gasteiger charge is -2.06. The normalized spacial score (nSPS) is 10.7. The number of nitro groups is 1. The minimum Gasteiger partial charge on any atom is -0.330 e. The summed E-state index contributed by atoms with van der Waals surface area (Å²) in [4.78, 5) is 9.64. The Balaban J connectivity index is 0.00000289. The first-order valence-corrected chi connectivity index (χ1v) is 6.40. The number of hydrogen-bond acceptors (Lipinski definition) is 5. The van der Waals surface area contributed by atoms with Gasteiger partial charge in [0.15, 0.2) is 4.90 Å². The molecule has 0 unspecified atom stereocenters. The van der Waals surface area contributed by atoms with Crippen LogP contribution in [0.25, 0.3) is 0 Å². The smallest absolute Gasteiger partial charge is 0.289 e. The van der Waals surface area contributed by atoms with Crippen LogP contribution < -0.4 is 10.5 Å². The van der Waals surface area contributed by atoms with E-state index >= 15 is 0 Å². The van der Waals surface area contributed by atoms with E-state index in [4.69, 9.17) is 5.73 Å². The van der Waals surface area contributed by atoms with Crippen LogP contribution in [0.4, 0.5) is 5.69 Å². The van der Waals surface area contributed by atoms with Crippen molar-refractivity contribution in [2.45, 2.75) is 11.3 Å². The zero-order valence-corrected chi connectivity index (χ0v) is 11.0. The van der Waals surface area contributed by atoms with E-state index in [9.17, 15) is 18.5 Å². The summed E-state index contributed by atoms with van der Waals surface area (Å²) in [6.07, 6.45) is 0.472. The Morgan fingerprint density at radius 3 is 2.50 bits per heavy atom. The van der Waals surface area contributed by atoms with Gasteiger partial charge in [-0.25, -0.2) is 13.1 Å². The summed E-state index contributed by atoms with van der Waals surface area (Å²) >= 11 is 0. The maximum Gasteiger partial charge on any atom is 0.289 e. The fourth-order valence-corrected chi connectivity index (χ4v) is 2.47. The molecule has 0 bridgehead atoms. The molecule has 0 aliphatic rings. The molecule has 1 rings (SSSR count). The number of hydrogen-bond donors (Lipinski definition) is 2. The van der Waals surface area contributed by atoms with Crippen molar-refractivity contribution in [1.82, 2.24) is 4.72 Å².